The molecule has 0 saturated carbocycles. The fraction of sp³-hybridized carbons (Fsp3) is 1.00. The lowest BCUT2D eigenvalue weighted by Crippen LogP contribution is -2.33. The number of rotatable bonds is 4. The lowest BCUT2D eigenvalue weighted by atomic mass is 10.4. The number of thiol groups is 1. The van der Waals surface area contributed by atoms with Crippen LogP contribution in [-0.2, 0) is 9.47 Å². The van der Waals surface area contributed by atoms with E-state index in [1.165, 1.54) is 6.92 Å². The number of ether oxygens (including phenoxy) is 2. The highest BCUT2D eigenvalue weighted by molar-refractivity contribution is 8.01. The molecular weight excluding hydrogens is 244 g/mol. The Balaban J connectivity index is 2.38. The molecule has 0 aromatic carbocycles. The molecule has 6 nitrogen and oxygen atoms in total. The number of aliphatic hydroxyl groups is 4. The van der Waals surface area contributed by atoms with Gasteiger partial charge >= 0.3 is 0 Å². The van der Waals surface area contributed by atoms with E-state index in [4.69, 9.17) is 24.8 Å². The van der Waals surface area contributed by atoms with Crippen LogP contribution in [0.2, 0.25) is 0 Å². The summed E-state index contributed by atoms with van der Waals surface area (Å²) in [5.74, 6) is 0. The maximum absolute atomic E-state index is 9.18. The zero-order chi connectivity index (χ0) is 11.6. The molecule has 6 atom stereocenters. The van der Waals surface area contributed by atoms with Crippen LogP contribution in [0.3, 0.4) is 0 Å². The Kier molecular flexibility index (Phi) is 5.13. The first-order chi connectivity index (χ1) is 6.91. The normalized spacial score (nSPS) is 37.6. The molecule has 0 spiro atoms. The Hall–Kier alpha value is 0.460. The molecule has 1 heterocycles. The van der Waals surface area contributed by atoms with Gasteiger partial charge < -0.3 is 29.9 Å². The van der Waals surface area contributed by atoms with Crippen molar-refractivity contribution in [1.29, 1.82) is 0 Å². The van der Waals surface area contributed by atoms with Gasteiger partial charge in [0.05, 0.1) is 0 Å². The summed E-state index contributed by atoms with van der Waals surface area (Å²) in [7, 11) is 0. The highest BCUT2D eigenvalue weighted by atomic mass is 32.2. The molecule has 1 fully saturated rings. The van der Waals surface area contributed by atoms with E-state index in [0.29, 0.717) is 0 Å². The summed E-state index contributed by atoms with van der Waals surface area (Å²) in [5.41, 5.74) is -2.62. The molecule has 0 aromatic rings. The standard InChI is InChI=1S/C7H14O6S2/c1-2(8)3(9)12-6(14)7-13-4(10)5(11)15-7/h2-11,14H,1H3. The first kappa shape index (κ1) is 13.5. The first-order valence-corrected chi connectivity index (χ1v) is 5.74. The van der Waals surface area contributed by atoms with Gasteiger partial charge in [-0.15, -0.1) is 12.6 Å². The van der Waals surface area contributed by atoms with E-state index in [1.807, 2.05) is 0 Å². The van der Waals surface area contributed by atoms with Crippen LogP contribution in [0.15, 0.2) is 0 Å². The number of hydrogen-bond donors (Lipinski definition) is 5. The molecule has 1 rings (SSSR count). The van der Waals surface area contributed by atoms with Crippen LogP contribution in [-0.4, -0.2) is 55.4 Å². The third-order valence-corrected chi connectivity index (χ3v) is 3.45. The molecule has 0 radical (unpaired) electrons. The predicted molar refractivity (Wildman–Crippen MR) is 56.0 cm³/mol. The van der Waals surface area contributed by atoms with Crippen molar-refractivity contribution in [2.24, 2.45) is 0 Å². The van der Waals surface area contributed by atoms with E-state index < -0.39 is 35.0 Å². The van der Waals surface area contributed by atoms with E-state index in [1.54, 1.807) is 0 Å². The van der Waals surface area contributed by atoms with Gasteiger partial charge in [-0.25, -0.2) is 0 Å². The van der Waals surface area contributed by atoms with Crippen LogP contribution in [0.1, 0.15) is 6.92 Å². The third kappa shape index (κ3) is 3.75. The molecule has 4 N–H and O–H groups in total. The summed E-state index contributed by atoms with van der Waals surface area (Å²) in [4.78, 5) is 0. The minimum Gasteiger partial charge on any atom is -0.388 e. The second-order valence-electron chi connectivity index (χ2n) is 3.08. The van der Waals surface area contributed by atoms with Crippen LogP contribution in [0.25, 0.3) is 0 Å². The molecular formula is C7H14O6S2. The molecule has 1 aliphatic heterocycles. The van der Waals surface area contributed by atoms with Gasteiger partial charge in [0.25, 0.3) is 0 Å². The van der Waals surface area contributed by atoms with Crippen molar-refractivity contribution in [2.45, 2.75) is 41.9 Å². The SMILES string of the molecule is CC(O)C(O)OC(S)C1OC(O)C(O)S1. The van der Waals surface area contributed by atoms with Crippen LogP contribution >= 0.6 is 24.4 Å². The maximum Gasteiger partial charge on any atom is 0.192 e. The third-order valence-electron chi connectivity index (χ3n) is 1.72. The van der Waals surface area contributed by atoms with Gasteiger partial charge in [-0.05, 0) is 6.92 Å². The summed E-state index contributed by atoms with van der Waals surface area (Å²) in [5, 5.41) is 36.4. The number of thioether (sulfide) groups is 1. The van der Waals surface area contributed by atoms with Gasteiger partial charge in [0.15, 0.2) is 18.0 Å². The smallest absolute Gasteiger partial charge is 0.192 e. The molecule has 1 saturated heterocycles. The Bertz CT molecular complexity index is 194. The fourth-order valence-corrected chi connectivity index (χ4v) is 2.15. The van der Waals surface area contributed by atoms with E-state index in [2.05, 4.69) is 12.6 Å². The zero-order valence-corrected chi connectivity index (χ0v) is 9.64. The highest BCUT2D eigenvalue weighted by Crippen LogP contribution is 2.34. The molecule has 15 heavy (non-hydrogen) atoms. The molecule has 0 amide bonds. The van der Waals surface area contributed by atoms with Crippen molar-refractivity contribution >= 4 is 24.4 Å². The van der Waals surface area contributed by atoms with Crippen LogP contribution in [0.4, 0.5) is 0 Å². The molecule has 0 aromatic heterocycles. The molecule has 0 bridgehead atoms. The van der Waals surface area contributed by atoms with Crippen molar-refractivity contribution in [3.8, 4) is 0 Å². The van der Waals surface area contributed by atoms with Crippen LogP contribution in [0.5, 0.6) is 0 Å². The van der Waals surface area contributed by atoms with Gasteiger partial charge in [-0.1, -0.05) is 11.8 Å². The highest BCUT2D eigenvalue weighted by Gasteiger charge is 2.38. The topological polar surface area (TPSA) is 99.4 Å². The lowest BCUT2D eigenvalue weighted by molar-refractivity contribution is -0.193. The number of aliphatic hydroxyl groups excluding tert-OH is 4. The Morgan fingerprint density at radius 2 is 2.00 bits per heavy atom. The van der Waals surface area contributed by atoms with Crippen LogP contribution < -0.4 is 0 Å². The second-order valence-corrected chi connectivity index (χ2v) is 4.81. The second kappa shape index (κ2) is 5.69. The zero-order valence-electron chi connectivity index (χ0n) is 7.92. The van der Waals surface area contributed by atoms with Gasteiger partial charge in [0.2, 0.25) is 0 Å². The molecule has 1 aliphatic rings. The monoisotopic (exact) mass is 258 g/mol. The largest absolute Gasteiger partial charge is 0.388 e. The van der Waals surface area contributed by atoms with Gasteiger partial charge in [0, 0.05) is 0 Å². The summed E-state index contributed by atoms with van der Waals surface area (Å²) in [6.07, 6.45) is -3.73. The molecule has 6 unspecified atom stereocenters. The summed E-state index contributed by atoms with van der Waals surface area (Å²) in [6.45, 7) is 1.36. The Morgan fingerprint density at radius 3 is 2.40 bits per heavy atom. The quantitative estimate of drug-likeness (QED) is 0.315. The van der Waals surface area contributed by atoms with Crippen LogP contribution in [0, 0.1) is 0 Å². The average Bonchev–Trinajstić information content (AvgIpc) is 2.46. The fourth-order valence-electron chi connectivity index (χ4n) is 0.896. The summed E-state index contributed by atoms with van der Waals surface area (Å²) in [6, 6.07) is 0. The van der Waals surface area contributed by atoms with Crippen molar-refractivity contribution in [2.75, 3.05) is 0 Å². The lowest BCUT2D eigenvalue weighted by Gasteiger charge is -2.22. The number of hydrogen-bond acceptors (Lipinski definition) is 8. The average molecular weight is 258 g/mol. The molecule has 90 valence electrons. The molecule has 8 heteroatoms. The van der Waals surface area contributed by atoms with E-state index in [9.17, 15) is 5.11 Å². The van der Waals surface area contributed by atoms with Crippen molar-refractivity contribution < 1.29 is 29.9 Å². The van der Waals surface area contributed by atoms with Gasteiger partial charge in [-0.2, -0.15) is 0 Å². The van der Waals surface area contributed by atoms with Gasteiger partial charge in [0.1, 0.15) is 17.0 Å². The Morgan fingerprint density at radius 1 is 1.40 bits per heavy atom. The van der Waals surface area contributed by atoms with Crippen molar-refractivity contribution in [3.63, 3.8) is 0 Å². The summed E-state index contributed by atoms with van der Waals surface area (Å²) >= 11 is 4.90. The van der Waals surface area contributed by atoms with Crippen molar-refractivity contribution in [1.82, 2.24) is 0 Å². The predicted octanol–water partition coefficient (Wildman–Crippen LogP) is -1.32. The van der Waals surface area contributed by atoms with E-state index in [0.717, 1.165) is 11.8 Å². The minimum absolute atomic E-state index is 0.702. The minimum atomic E-state index is -1.38. The summed E-state index contributed by atoms with van der Waals surface area (Å²) < 4.78 is 9.78. The van der Waals surface area contributed by atoms with E-state index >= 15 is 0 Å². The Labute approximate surface area is 96.6 Å². The van der Waals surface area contributed by atoms with Crippen molar-refractivity contribution in [3.05, 3.63) is 0 Å². The first-order valence-electron chi connectivity index (χ1n) is 4.28. The van der Waals surface area contributed by atoms with E-state index in [-0.39, 0.29) is 0 Å². The molecule has 0 aliphatic carbocycles. The maximum atomic E-state index is 9.18. The van der Waals surface area contributed by atoms with Gasteiger partial charge in [-0.3, -0.25) is 0 Å².